The second kappa shape index (κ2) is 9.44. The van der Waals surface area contributed by atoms with Crippen LogP contribution in [0.25, 0.3) is 11.1 Å². The van der Waals surface area contributed by atoms with E-state index in [4.69, 9.17) is 0 Å². The number of amides is 2. The zero-order valence-electron chi connectivity index (χ0n) is 20.0. The van der Waals surface area contributed by atoms with E-state index in [1.54, 1.807) is 0 Å². The SMILES string of the molecule is O=C(NCC1(F)CC1)N1CC2(CC2)[C@H](NS(=O)(=O)C(F)F)[C@@H]1Cc1cccc(-c2cc(F)cc(F)c2)c1F. The zero-order chi connectivity index (χ0) is 27.5. The molecule has 13 heteroatoms. The Kier molecular flexibility index (Phi) is 6.65. The Morgan fingerprint density at radius 1 is 1.05 bits per heavy atom. The number of urea groups is 1. The molecule has 5 rings (SSSR count). The Labute approximate surface area is 215 Å². The largest absolute Gasteiger partial charge is 0.350 e. The molecule has 0 unspecified atom stereocenters. The number of benzene rings is 2. The predicted octanol–water partition coefficient (Wildman–Crippen LogP) is 4.50. The van der Waals surface area contributed by atoms with Crippen LogP contribution in [0.1, 0.15) is 31.2 Å². The molecule has 0 radical (unpaired) electrons. The van der Waals surface area contributed by atoms with Crippen molar-refractivity contribution in [1.82, 2.24) is 14.9 Å². The molecule has 2 aromatic rings. The predicted molar refractivity (Wildman–Crippen MR) is 126 cm³/mol. The Balaban J connectivity index is 1.49. The summed E-state index contributed by atoms with van der Waals surface area (Å²) in [5.74, 6) is -6.40. The minimum Gasteiger partial charge on any atom is -0.335 e. The molecule has 2 amide bonds. The fraction of sp³-hybridized carbons (Fsp3) is 0.480. The molecule has 38 heavy (non-hydrogen) atoms. The number of nitrogens with zero attached hydrogens (tertiary/aromatic N) is 1. The number of alkyl halides is 3. The molecular formula is C25H25F6N3O3S. The maximum atomic E-state index is 15.6. The van der Waals surface area contributed by atoms with Gasteiger partial charge in [-0.1, -0.05) is 18.2 Å². The molecule has 2 atom stereocenters. The van der Waals surface area contributed by atoms with Crippen molar-refractivity contribution in [3.8, 4) is 11.1 Å². The van der Waals surface area contributed by atoms with E-state index < -0.39 is 62.4 Å². The topological polar surface area (TPSA) is 78.5 Å². The van der Waals surface area contributed by atoms with E-state index >= 15 is 4.39 Å². The van der Waals surface area contributed by atoms with Crippen LogP contribution < -0.4 is 10.0 Å². The first kappa shape index (κ1) is 26.8. The summed E-state index contributed by atoms with van der Waals surface area (Å²) in [6.07, 6.45) is 1.18. The molecule has 6 nitrogen and oxygen atoms in total. The van der Waals surface area contributed by atoms with E-state index in [1.807, 2.05) is 4.72 Å². The average Bonchev–Trinajstić information content (AvgIpc) is 3.75. The van der Waals surface area contributed by atoms with Crippen molar-refractivity contribution < 1.29 is 39.6 Å². The van der Waals surface area contributed by atoms with Crippen LogP contribution in [0.5, 0.6) is 0 Å². The van der Waals surface area contributed by atoms with Gasteiger partial charge in [0.05, 0.1) is 18.6 Å². The number of nitrogens with one attached hydrogen (secondary N) is 2. The smallest absolute Gasteiger partial charge is 0.335 e. The lowest BCUT2D eigenvalue weighted by Crippen LogP contribution is -2.53. The quantitative estimate of drug-likeness (QED) is 0.466. The van der Waals surface area contributed by atoms with Gasteiger partial charge in [-0.3, -0.25) is 0 Å². The monoisotopic (exact) mass is 561 g/mol. The lowest BCUT2D eigenvalue weighted by Gasteiger charge is -2.30. The Morgan fingerprint density at radius 2 is 1.71 bits per heavy atom. The highest BCUT2D eigenvalue weighted by Crippen LogP contribution is 2.55. The van der Waals surface area contributed by atoms with Gasteiger partial charge in [0.2, 0.25) is 0 Å². The van der Waals surface area contributed by atoms with E-state index in [-0.39, 0.29) is 49.0 Å². The third-order valence-corrected chi connectivity index (χ3v) is 8.69. The molecule has 0 aromatic heterocycles. The van der Waals surface area contributed by atoms with Crippen LogP contribution in [-0.4, -0.2) is 55.9 Å². The van der Waals surface area contributed by atoms with Crippen LogP contribution in [0.2, 0.25) is 0 Å². The molecule has 3 fully saturated rings. The first-order valence-electron chi connectivity index (χ1n) is 12.1. The normalized spacial score (nSPS) is 23.2. The number of sulfonamides is 1. The molecule has 1 heterocycles. The van der Waals surface area contributed by atoms with Gasteiger partial charge in [-0.15, -0.1) is 0 Å². The number of likely N-dealkylation sites (tertiary alicyclic amines) is 1. The summed E-state index contributed by atoms with van der Waals surface area (Å²) in [4.78, 5) is 14.3. The third kappa shape index (κ3) is 5.22. The number of hydrogen-bond acceptors (Lipinski definition) is 3. The second-order valence-electron chi connectivity index (χ2n) is 10.4. The number of carbonyl (C=O) groups excluding carboxylic acids is 1. The van der Waals surface area contributed by atoms with Crippen molar-refractivity contribution >= 4 is 16.1 Å². The van der Waals surface area contributed by atoms with Gasteiger partial charge in [0.25, 0.3) is 10.0 Å². The summed E-state index contributed by atoms with van der Waals surface area (Å²) in [5, 5.41) is 2.49. The Morgan fingerprint density at radius 3 is 2.29 bits per heavy atom. The molecular weight excluding hydrogens is 536 g/mol. The van der Waals surface area contributed by atoms with Crippen molar-refractivity contribution in [2.75, 3.05) is 13.1 Å². The molecule has 2 aliphatic carbocycles. The number of rotatable bonds is 8. The molecule has 206 valence electrons. The van der Waals surface area contributed by atoms with Crippen molar-refractivity contribution in [3.05, 3.63) is 59.4 Å². The van der Waals surface area contributed by atoms with Gasteiger partial charge in [-0.05, 0) is 55.4 Å². The van der Waals surface area contributed by atoms with E-state index in [1.165, 1.54) is 23.1 Å². The van der Waals surface area contributed by atoms with E-state index in [9.17, 15) is 35.2 Å². The maximum Gasteiger partial charge on any atom is 0.350 e. The highest BCUT2D eigenvalue weighted by atomic mass is 32.2. The lowest BCUT2D eigenvalue weighted by molar-refractivity contribution is 0.182. The summed E-state index contributed by atoms with van der Waals surface area (Å²) in [6.45, 7) is -0.250. The van der Waals surface area contributed by atoms with Gasteiger partial charge in [0.15, 0.2) is 0 Å². The molecule has 1 aliphatic heterocycles. The highest BCUT2D eigenvalue weighted by Gasteiger charge is 2.62. The third-order valence-electron chi connectivity index (χ3n) is 7.64. The van der Waals surface area contributed by atoms with Gasteiger partial charge in [0.1, 0.15) is 23.1 Å². The van der Waals surface area contributed by atoms with E-state index in [0.717, 1.165) is 12.1 Å². The van der Waals surface area contributed by atoms with Crippen LogP contribution in [0.15, 0.2) is 36.4 Å². The van der Waals surface area contributed by atoms with Gasteiger partial charge >= 0.3 is 11.8 Å². The molecule has 0 bridgehead atoms. The van der Waals surface area contributed by atoms with Crippen LogP contribution in [0, 0.1) is 22.9 Å². The summed E-state index contributed by atoms with van der Waals surface area (Å²) >= 11 is 0. The zero-order valence-corrected chi connectivity index (χ0v) is 20.8. The van der Waals surface area contributed by atoms with Crippen LogP contribution in [0.4, 0.5) is 31.1 Å². The fourth-order valence-electron chi connectivity index (χ4n) is 5.20. The van der Waals surface area contributed by atoms with Gasteiger partial charge in [0, 0.05) is 23.6 Å². The summed E-state index contributed by atoms with van der Waals surface area (Å²) in [7, 11) is -5.06. The van der Waals surface area contributed by atoms with Crippen LogP contribution in [-0.2, 0) is 16.4 Å². The minimum atomic E-state index is -5.06. The standard InChI is InChI=1S/C25H25F6N3O3S/c26-16-8-15(9-17(27)11-16)18-3-1-2-14(20(18)28)10-19-21(33-38(36,37)22(29)30)24(4-5-24)13-34(19)23(35)32-12-25(31)6-7-25/h1-3,8-9,11,19,21-22,33H,4-7,10,12-13H2,(H,32,35)/t19-,21+/m0/s1. The Hall–Kier alpha value is -2.80. The van der Waals surface area contributed by atoms with Crippen molar-refractivity contribution in [1.29, 1.82) is 0 Å². The first-order chi connectivity index (χ1) is 17.8. The second-order valence-corrected chi connectivity index (χ2v) is 12.1. The van der Waals surface area contributed by atoms with E-state index in [0.29, 0.717) is 18.9 Å². The molecule has 2 aromatic carbocycles. The molecule has 1 saturated heterocycles. The molecule has 2 saturated carbocycles. The summed E-state index contributed by atoms with van der Waals surface area (Å²) in [6, 6.07) is 3.68. The van der Waals surface area contributed by atoms with Crippen molar-refractivity contribution in [3.63, 3.8) is 0 Å². The molecule has 2 N–H and O–H groups in total. The molecule has 3 aliphatic rings. The highest BCUT2D eigenvalue weighted by molar-refractivity contribution is 7.89. The Bertz CT molecular complexity index is 1340. The maximum absolute atomic E-state index is 15.6. The molecule has 1 spiro atoms. The summed E-state index contributed by atoms with van der Waals surface area (Å²) < 4.78 is 110. The minimum absolute atomic E-state index is 0.00955. The van der Waals surface area contributed by atoms with E-state index in [2.05, 4.69) is 5.32 Å². The van der Waals surface area contributed by atoms with Crippen LogP contribution in [0.3, 0.4) is 0 Å². The first-order valence-corrected chi connectivity index (χ1v) is 13.6. The van der Waals surface area contributed by atoms with Gasteiger partial charge in [-0.25, -0.2) is 35.5 Å². The number of halogens is 6. The van der Waals surface area contributed by atoms with Gasteiger partial charge in [-0.2, -0.15) is 8.78 Å². The lowest BCUT2D eigenvalue weighted by atomic mass is 9.91. The van der Waals surface area contributed by atoms with Crippen molar-refractivity contribution in [2.45, 2.75) is 55.6 Å². The number of hydrogen-bond donors (Lipinski definition) is 2. The van der Waals surface area contributed by atoms with Crippen LogP contribution >= 0.6 is 0 Å². The van der Waals surface area contributed by atoms with Crippen molar-refractivity contribution in [2.24, 2.45) is 5.41 Å². The fourth-order valence-corrected chi connectivity index (χ4v) is 6.06. The number of carbonyl (C=O) groups is 1. The summed E-state index contributed by atoms with van der Waals surface area (Å²) in [5.41, 5.74) is -2.56. The average molecular weight is 562 g/mol. The van der Waals surface area contributed by atoms with Gasteiger partial charge < -0.3 is 10.2 Å².